The monoisotopic (exact) mass is 293 g/mol. The van der Waals surface area contributed by atoms with Gasteiger partial charge in [0.25, 0.3) is 0 Å². The van der Waals surface area contributed by atoms with Crippen molar-refractivity contribution in [3.05, 3.63) is 18.0 Å². The zero-order valence-electron chi connectivity index (χ0n) is 12.6. The third-order valence-electron chi connectivity index (χ3n) is 4.79. The molecule has 2 unspecified atom stereocenters. The SMILES string of the molecule is CCNC(Cc1ccn(C2CCCC2)n1)C1CCSC1. The van der Waals surface area contributed by atoms with Crippen molar-refractivity contribution >= 4 is 11.8 Å². The molecule has 0 radical (unpaired) electrons. The average Bonchev–Trinajstić information content (AvgIpc) is 3.20. The lowest BCUT2D eigenvalue weighted by molar-refractivity contribution is 0.380. The Labute approximate surface area is 126 Å². The fourth-order valence-electron chi connectivity index (χ4n) is 3.62. The number of hydrogen-bond acceptors (Lipinski definition) is 3. The van der Waals surface area contributed by atoms with Crippen LogP contribution in [0.1, 0.15) is 50.8 Å². The van der Waals surface area contributed by atoms with E-state index in [4.69, 9.17) is 5.10 Å². The Morgan fingerprint density at radius 2 is 2.25 bits per heavy atom. The summed E-state index contributed by atoms with van der Waals surface area (Å²) in [4.78, 5) is 0. The summed E-state index contributed by atoms with van der Waals surface area (Å²) in [5.74, 6) is 3.49. The largest absolute Gasteiger partial charge is 0.314 e. The molecular weight excluding hydrogens is 266 g/mol. The highest BCUT2D eigenvalue weighted by Crippen LogP contribution is 2.30. The Morgan fingerprint density at radius 3 is 2.95 bits per heavy atom. The lowest BCUT2D eigenvalue weighted by atomic mass is 9.95. The van der Waals surface area contributed by atoms with E-state index in [0.29, 0.717) is 12.1 Å². The summed E-state index contributed by atoms with van der Waals surface area (Å²) >= 11 is 2.11. The van der Waals surface area contributed by atoms with E-state index in [0.717, 1.165) is 18.9 Å². The minimum atomic E-state index is 0.613. The number of rotatable bonds is 6. The second-order valence-electron chi connectivity index (χ2n) is 6.22. The van der Waals surface area contributed by atoms with E-state index in [-0.39, 0.29) is 0 Å². The van der Waals surface area contributed by atoms with Crippen LogP contribution in [0.4, 0.5) is 0 Å². The molecule has 1 aromatic rings. The zero-order chi connectivity index (χ0) is 13.8. The molecule has 1 aliphatic carbocycles. The topological polar surface area (TPSA) is 29.9 Å². The van der Waals surface area contributed by atoms with Crippen molar-refractivity contribution in [1.82, 2.24) is 15.1 Å². The number of hydrogen-bond donors (Lipinski definition) is 1. The van der Waals surface area contributed by atoms with Gasteiger partial charge in [-0.2, -0.15) is 16.9 Å². The van der Waals surface area contributed by atoms with E-state index in [1.54, 1.807) is 0 Å². The van der Waals surface area contributed by atoms with Crippen LogP contribution in [-0.2, 0) is 6.42 Å². The lowest BCUT2D eigenvalue weighted by Crippen LogP contribution is -2.38. The third-order valence-corrected chi connectivity index (χ3v) is 5.98. The minimum absolute atomic E-state index is 0.613. The number of thioether (sulfide) groups is 1. The second kappa shape index (κ2) is 6.99. The molecule has 1 aromatic heterocycles. The molecule has 20 heavy (non-hydrogen) atoms. The van der Waals surface area contributed by atoms with Crippen LogP contribution in [0.15, 0.2) is 12.3 Å². The number of nitrogens with one attached hydrogen (secondary N) is 1. The summed E-state index contributed by atoms with van der Waals surface area (Å²) in [7, 11) is 0. The number of likely N-dealkylation sites (N-methyl/N-ethyl adjacent to an activating group) is 1. The molecule has 0 bridgehead atoms. The molecule has 1 saturated carbocycles. The van der Waals surface area contributed by atoms with Gasteiger partial charge in [-0.3, -0.25) is 4.68 Å². The van der Waals surface area contributed by atoms with Crippen LogP contribution in [0, 0.1) is 5.92 Å². The zero-order valence-corrected chi connectivity index (χ0v) is 13.4. The highest BCUT2D eigenvalue weighted by atomic mass is 32.2. The molecule has 0 aromatic carbocycles. The molecule has 2 fully saturated rings. The first-order chi connectivity index (χ1) is 9.86. The van der Waals surface area contributed by atoms with Crippen LogP contribution in [0.2, 0.25) is 0 Å². The molecule has 3 rings (SSSR count). The molecule has 112 valence electrons. The summed E-state index contributed by atoms with van der Waals surface area (Å²) in [6.45, 7) is 3.28. The molecule has 1 N–H and O–H groups in total. The predicted octanol–water partition coefficient (Wildman–Crippen LogP) is 3.27. The molecule has 2 atom stereocenters. The summed E-state index contributed by atoms with van der Waals surface area (Å²) in [6.07, 6.45) is 10.1. The van der Waals surface area contributed by atoms with Gasteiger partial charge in [0, 0.05) is 18.7 Å². The molecule has 2 aliphatic rings. The van der Waals surface area contributed by atoms with E-state index >= 15 is 0 Å². The van der Waals surface area contributed by atoms with E-state index in [1.807, 2.05) is 0 Å². The minimum Gasteiger partial charge on any atom is -0.314 e. The molecule has 1 aliphatic heterocycles. The Kier molecular flexibility index (Phi) is 5.05. The van der Waals surface area contributed by atoms with Crippen LogP contribution >= 0.6 is 11.8 Å². The van der Waals surface area contributed by atoms with Crippen LogP contribution in [-0.4, -0.2) is 33.9 Å². The van der Waals surface area contributed by atoms with Crippen molar-refractivity contribution in [3.63, 3.8) is 0 Å². The van der Waals surface area contributed by atoms with Crippen molar-refractivity contribution in [2.75, 3.05) is 18.1 Å². The van der Waals surface area contributed by atoms with Gasteiger partial charge < -0.3 is 5.32 Å². The molecule has 0 spiro atoms. The van der Waals surface area contributed by atoms with Gasteiger partial charge in [0.15, 0.2) is 0 Å². The summed E-state index contributed by atoms with van der Waals surface area (Å²) < 4.78 is 2.23. The molecule has 0 amide bonds. The third kappa shape index (κ3) is 3.40. The van der Waals surface area contributed by atoms with Crippen molar-refractivity contribution < 1.29 is 0 Å². The normalized spacial score (nSPS) is 25.4. The second-order valence-corrected chi connectivity index (χ2v) is 7.37. The predicted molar refractivity (Wildman–Crippen MR) is 86.3 cm³/mol. The number of aromatic nitrogens is 2. The summed E-state index contributed by atoms with van der Waals surface area (Å²) in [5.41, 5.74) is 1.28. The van der Waals surface area contributed by atoms with Crippen LogP contribution in [0.25, 0.3) is 0 Å². The van der Waals surface area contributed by atoms with Gasteiger partial charge in [-0.15, -0.1) is 0 Å². The number of nitrogens with zero attached hydrogens (tertiary/aromatic N) is 2. The van der Waals surface area contributed by atoms with Gasteiger partial charge in [-0.1, -0.05) is 19.8 Å². The smallest absolute Gasteiger partial charge is 0.0640 e. The van der Waals surface area contributed by atoms with Crippen LogP contribution < -0.4 is 5.32 Å². The van der Waals surface area contributed by atoms with Crippen molar-refractivity contribution in [3.8, 4) is 0 Å². The maximum Gasteiger partial charge on any atom is 0.0640 e. The Balaban J connectivity index is 1.62. The van der Waals surface area contributed by atoms with E-state index in [2.05, 4.69) is 40.9 Å². The first kappa shape index (κ1) is 14.5. The van der Waals surface area contributed by atoms with E-state index in [1.165, 1.54) is 49.3 Å². The quantitative estimate of drug-likeness (QED) is 0.873. The molecule has 2 heterocycles. The van der Waals surface area contributed by atoms with Gasteiger partial charge in [0.1, 0.15) is 0 Å². The van der Waals surface area contributed by atoms with Crippen LogP contribution in [0.3, 0.4) is 0 Å². The summed E-state index contributed by atoms with van der Waals surface area (Å²) in [6, 6.07) is 3.52. The molecule has 3 nitrogen and oxygen atoms in total. The standard InChI is InChI=1S/C16H27N3S/c1-2-17-16(13-8-10-20-12-13)11-14-7-9-19(18-14)15-5-3-4-6-15/h7,9,13,15-17H,2-6,8,10-12H2,1H3. The fourth-order valence-corrected chi connectivity index (χ4v) is 4.96. The Hall–Kier alpha value is -0.480. The highest BCUT2D eigenvalue weighted by Gasteiger charge is 2.26. The van der Waals surface area contributed by atoms with Gasteiger partial charge in [0.05, 0.1) is 11.7 Å². The van der Waals surface area contributed by atoms with Crippen molar-refractivity contribution in [2.45, 2.75) is 57.5 Å². The van der Waals surface area contributed by atoms with Gasteiger partial charge in [0.2, 0.25) is 0 Å². The van der Waals surface area contributed by atoms with E-state index < -0.39 is 0 Å². The highest BCUT2D eigenvalue weighted by molar-refractivity contribution is 7.99. The Morgan fingerprint density at radius 1 is 1.40 bits per heavy atom. The molecule has 1 saturated heterocycles. The van der Waals surface area contributed by atoms with Gasteiger partial charge in [-0.05, 0) is 49.3 Å². The first-order valence-corrected chi connectivity index (χ1v) is 9.37. The molecular formula is C16H27N3S. The van der Waals surface area contributed by atoms with Gasteiger partial charge in [-0.25, -0.2) is 0 Å². The maximum atomic E-state index is 4.86. The molecule has 4 heteroatoms. The lowest BCUT2D eigenvalue weighted by Gasteiger charge is -2.23. The van der Waals surface area contributed by atoms with Crippen LogP contribution in [0.5, 0.6) is 0 Å². The summed E-state index contributed by atoms with van der Waals surface area (Å²) in [5, 5.41) is 8.54. The maximum absolute atomic E-state index is 4.86. The first-order valence-electron chi connectivity index (χ1n) is 8.22. The fraction of sp³-hybridized carbons (Fsp3) is 0.812. The van der Waals surface area contributed by atoms with Crippen molar-refractivity contribution in [2.24, 2.45) is 5.92 Å². The Bertz CT molecular complexity index is 406. The average molecular weight is 293 g/mol. The van der Waals surface area contributed by atoms with Crippen molar-refractivity contribution in [1.29, 1.82) is 0 Å². The van der Waals surface area contributed by atoms with E-state index in [9.17, 15) is 0 Å². The van der Waals surface area contributed by atoms with Gasteiger partial charge >= 0.3 is 0 Å².